The van der Waals surface area contributed by atoms with E-state index in [1.807, 2.05) is 12.1 Å². The molecule has 1 fully saturated rings. The number of nitro groups is 1. The topological polar surface area (TPSA) is 117 Å². The minimum atomic E-state index is -0.905. The lowest BCUT2D eigenvalue weighted by Crippen LogP contribution is -2.41. The Labute approximate surface area is 174 Å². The van der Waals surface area contributed by atoms with Crippen LogP contribution in [0.4, 0.5) is 11.4 Å². The van der Waals surface area contributed by atoms with Crippen molar-refractivity contribution in [3.8, 4) is 0 Å². The van der Waals surface area contributed by atoms with Crippen molar-refractivity contribution in [2.45, 2.75) is 26.3 Å². The summed E-state index contributed by atoms with van der Waals surface area (Å²) < 4.78 is 0. The van der Waals surface area contributed by atoms with Crippen LogP contribution in [0.25, 0.3) is 0 Å². The summed E-state index contributed by atoms with van der Waals surface area (Å²) >= 11 is 0. The van der Waals surface area contributed by atoms with E-state index in [-0.39, 0.29) is 11.4 Å². The summed E-state index contributed by atoms with van der Waals surface area (Å²) in [5, 5.41) is 16.1. The van der Waals surface area contributed by atoms with Gasteiger partial charge in [0.1, 0.15) is 5.69 Å². The molecule has 1 aliphatic rings. The van der Waals surface area contributed by atoms with Gasteiger partial charge in [0, 0.05) is 31.5 Å². The third-order valence-electron chi connectivity index (χ3n) is 5.22. The summed E-state index contributed by atoms with van der Waals surface area (Å²) in [5.74, 6) is -1.40. The molecule has 0 atom stereocenters. The van der Waals surface area contributed by atoms with Gasteiger partial charge in [0.05, 0.1) is 4.92 Å². The average molecular weight is 411 g/mol. The molecule has 0 spiro atoms. The number of hydrogen-bond acceptors (Lipinski definition) is 6. The number of piperidine rings is 1. The zero-order chi connectivity index (χ0) is 21.5. The lowest BCUT2D eigenvalue weighted by atomic mass is 9.96. The van der Waals surface area contributed by atoms with Crippen molar-refractivity contribution in [2.24, 2.45) is 5.92 Å². The maximum absolute atomic E-state index is 12.1. The number of carbonyl (C=O) groups is 2. The van der Waals surface area contributed by atoms with Crippen molar-refractivity contribution in [2.75, 3.05) is 25.0 Å². The predicted molar refractivity (Wildman–Crippen MR) is 112 cm³/mol. The molecule has 0 radical (unpaired) electrons. The van der Waals surface area contributed by atoms with Gasteiger partial charge in [-0.2, -0.15) is 0 Å². The summed E-state index contributed by atoms with van der Waals surface area (Å²) in [7, 11) is 0. The highest BCUT2D eigenvalue weighted by Gasteiger charge is 2.23. The second-order valence-electron chi connectivity index (χ2n) is 7.52. The monoisotopic (exact) mass is 411 g/mol. The first kappa shape index (κ1) is 21.4. The van der Waals surface area contributed by atoms with E-state index in [0.29, 0.717) is 18.0 Å². The molecule has 1 aromatic carbocycles. The second-order valence-corrected chi connectivity index (χ2v) is 7.52. The van der Waals surface area contributed by atoms with Crippen molar-refractivity contribution in [3.05, 3.63) is 64.0 Å². The maximum Gasteiger partial charge on any atom is 0.313 e. The zero-order valence-corrected chi connectivity index (χ0v) is 16.8. The van der Waals surface area contributed by atoms with Gasteiger partial charge < -0.3 is 10.6 Å². The molecule has 158 valence electrons. The molecule has 9 nitrogen and oxygen atoms in total. The highest BCUT2D eigenvalue weighted by atomic mass is 16.6. The molecule has 2 amide bonds. The molecular formula is C21H25N5O4. The van der Waals surface area contributed by atoms with Crippen LogP contribution in [-0.4, -0.2) is 46.3 Å². The van der Waals surface area contributed by atoms with Crippen molar-refractivity contribution in [1.82, 2.24) is 15.2 Å². The molecule has 0 aliphatic carbocycles. The number of hydrogen-bond donors (Lipinski definition) is 2. The zero-order valence-electron chi connectivity index (χ0n) is 16.8. The number of nitrogens with zero attached hydrogens (tertiary/aromatic N) is 3. The Morgan fingerprint density at radius 3 is 2.53 bits per heavy atom. The maximum atomic E-state index is 12.1. The minimum absolute atomic E-state index is 0.00942. The van der Waals surface area contributed by atoms with E-state index in [4.69, 9.17) is 0 Å². The van der Waals surface area contributed by atoms with Crippen molar-refractivity contribution in [3.63, 3.8) is 0 Å². The number of aromatic nitrogens is 1. The van der Waals surface area contributed by atoms with Crippen molar-refractivity contribution in [1.29, 1.82) is 0 Å². The number of rotatable bonds is 6. The Balaban J connectivity index is 1.44. The third kappa shape index (κ3) is 5.84. The van der Waals surface area contributed by atoms with Crippen LogP contribution in [0.15, 0.2) is 42.7 Å². The Morgan fingerprint density at radius 2 is 1.87 bits per heavy atom. The SMILES string of the molecule is Cc1ccc(NC(=O)C(=O)NCC2CCN(Cc3ccncc3)CC2)c([N+](=O)[O-])c1. The second kappa shape index (κ2) is 9.93. The van der Waals surface area contributed by atoms with Gasteiger partial charge in [-0.1, -0.05) is 6.07 Å². The normalized spacial score (nSPS) is 14.8. The number of amides is 2. The first-order chi connectivity index (χ1) is 14.4. The summed E-state index contributed by atoms with van der Waals surface area (Å²) in [4.78, 5) is 41.2. The van der Waals surface area contributed by atoms with E-state index in [1.54, 1.807) is 25.4 Å². The van der Waals surface area contributed by atoms with Gasteiger partial charge in [0.25, 0.3) is 5.69 Å². The molecule has 0 saturated carbocycles. The van der Waals surface area contributed by atoms with E-state index in [1.165, 1.54) is 17.7 Å². The lowest BCUT2D eigenvalue weighted by molar-refractivity contribution is -0.384. The van der Waals surface area contributed by atoms with E-state index >= 15 is 0 Å². The number of benzene rings is 1. The van der Waals surface area contributed by atoms with Gasteiger partial charge in [0.2, 0.25) is 0 Å². The van der Waals surface area contributed by atoms with Gasteiger partial charge in [-0.25, -0.2) is 0 Å². The summed E-state index contributed by atoms with van der Waals surface area (Å²) in [6.45, 7) is 4.84. The molecule has 2 N–H and O–H groups in total. The van der Waals surface area contributed by atoms with E-state index in [0.717, 1.165) is 32.5 Å². The summed E-state index contributed by atoms with van der Waals surface area (Å²) in [6, 6.07) is 8.43. The standard InChI is InChI=1S/C21H25N5O4/c1-15-2-3-18(19(12-15)26(29)30)24-21(28)20(27)23-13-16-6-10-25(11-7-16)14-17-4-8-22-9-5-17/h2-5,8-9,12,16H,6-7,10-11,13-14H2,1H3,(H,23,27)(H,24,28). The molecule has 30 heavy (non-hydrogen) atoms. The smallest absolute Gasteiger partial charge is 0.313 e. The van der Waals surface area contributed by atoms with E-state index in [2.05, 4.69) is 20.5 Å². The molecule has 2 aromatic rings. The quantitative estimate of drug-likeness (QED) is 0.428. The van der Waals surface area contributed by atoms with Crippen LogP contribution < -0.4 is 10.6 Å². The third-order valence-corrected chi connectivity index (χ3v) is 5.22. The molecule has 0 bridgehead atoms. The van der Waals surface area contributed by atoms with Gasteiger partial charge in [-0.05, 0) is 68.1 Å². The van der Waals surface area contributed by atoms with Crippen LogP contribution in [0.1, 0.15) is 24.0 Å². The van der Waals surface area contributed by atoms with Crippen molar-refractivity contribution < 1.29 is 14.5 Å². The fourth-order valence-corrected chi connectivity index (χ4v) is 3.49. The Hall–Kier alpha value is -3.33. The average Bonchev–Trinajstić information content (AvgIpc) is 2.74. The molecule has 9 heteroatoms. The number of aryl methyl sites for hydroxylation is 1. The molecular weight excluding hydrogens is 386 g/mol. The molecule has 0 unspecified atom stereocenters. The summed E-state index contributed by atoms with van der Waals surface area (Å²) in [6.07, 6.45) is 5.43. The Bertz CT molecular complexity index is 911. The van der Waals surface area contributed by atoms with E-state index in [9.17, 15) is 19.7 Å². The van der Waals surface area contributed by atoms with Gasteiger partial charge in [0.15, 0.2) is 0 Å². The number of nitrogens with one attached hydrogen (secondary N) is 2. The van der Waals surface area contributed by atoms with Crippen LogP contribution in [0, 0.1) is 23.0 Å². The van der Waals surface area contributed by atoms with Gasteiger partial charge in [-0.15, -0.1) is 0 Å². The number of nitro benzene ring substituents is 1. The van der Waals surface area contributed by atoms with E-state index < -0.39 is 16.7 Å². The fourth-order valence-electron chi connectivity index (χ4n) is 3.49. The lowest BCUT2D eigenvalue weighted by Gasteiger charge is -2.32. The molecule has 2 heterocycles. The molecule has 1 aliphatic heterocycles. The van der Waals surface area contributed by atoms with Crippen LogP contribution >= 0.6 is 0 Å². The van der Waals surface area contributed by atoms with Crippen LogP contribution in [0.2, 0.25) is 0 Å². The number of anilines is 1. The predicted octanol–water partition coefficient (Wildman–Crippen LogP) is 2.27. The van der Waals surface area contributed by atoms with Crippen LogP contribution in [0.5, 0.6) is 0 Å². The van der Waals surface area contributed by atoms with Crippen LogP contribution in [0.3, 0.4) is 0 Å². The fraction of sp³-hybridized carbons (Fsp3) is 0.381. The minimum Gasteiger partial charge on any atom is -0.348 e. The number of carbonyl (C=O) groups excluding carboxylic acids is 2. The number of pyridine rings is 1. The molecule has 1 saturated heterocycles. The molecule has 1 aromatic heterocycles. The molecule has 3 rings (SSSR count). The van der Waals surface area contributed by atoms with Crippen molar-refractivity contribution >= 4 is 23.2 Å². The first-order valence-electron chi connectivity index (χ1n) is 9.88. The number of likely N-dealkylation sites (tertiary alicyclic amines) is 1. The highest BCUT2D eigenvalue weighted by molar-refractivity contribution is 6.39. The highest BCUT2D eigenvalue weighted by Crippen LogP contribution is 2.25. The largest absolute Gasteiger partial charge is 0.348 e. The Kier molecular flexibility index (Phi) is 7.08. The summed E-state index contributed by atoms with van der Waals surface area (Å²) in [5.41, 5.74) is 1.69. The van der Waals surface area contributed by atoms with Crippen LogP contribution in [-0.2, 0) is 16.1 Å². The Morgan fingerprint density at radius 1 is 1.17 bits per heavy atom. The van der Waals surface area contributed by atoms with Gasteiger partial charge >= 0.3 is 11.8 Å². The van der Waals surface area contributed by atoms with Gasteiger partial charge in [-0.3, -0.25) is 29.6 Å². The first-order valence-corrected chi connectivity index (χ1v) is 9.88.